The van der Waals surface area contributed by atoms with Gasteiger partial charge in [0.05, 0.1) is 24.5 Å². The maximum Gasteiger partial charge on any atom is 0.407 e. The molecule has 1 saturated heterocycles. The number of nitrogens with one attached hydrogen (secondary N) is 4. The van der Waals surface area contributed by atoms with E-state index in [0.717, 1.165) is 49.1 Å². The number of imide groups is 1. The molecule has 2 aromatic rings. The van der Waals surface area contributed by atoms with Crippen LogP contribution in [-0.4, -0.2) is 130 Å². The molecule has 7 fully saturated rings. The minimum Gasteiger partial charge on any atom is -0.481 e. The van der Waals surface area contributed by atoms with Crippen LogP contribution >= 0.6 is 0 Å². The molecule has 2 bridgehead atoms. The van der Waals surface area contributed by atoms with Crippen LogP contribution in [-0.2, 0) is 65.8 Å². The number of carboxylic acid groups (broad SMARTS) is 1. The number of carbonyl (C=O) groups excluding carboxylic acids is 9. The van der Waals surface area contributed by atoms with Crippen LogP contribution in [0.2, 0.25) is 0 Å². The fourth-order valence-corrected chi connectivity index (χ4v) is 15.5. The van der Waals surface area contributed by atoms with E-state index >= 15 is 4.39 Å². The summed E-state index contributed by atoms with van der Waals surface area (Å²) in [6.07, 6.45) is 6.44. The third kappa shape index (κ3) is 10.2. The Labute approximate surface area is 459 Å². The smallest absolute Gasteiger partial charge is 0.407 e. The number of amides is 6. The van der Waals surface area contributed by atoms with Crippen LogP contribution in [0.25, 0.3) is 0 Å². The van der Waals surface area contributed by atoms with E-state index in [9.17, 15) is 63.3 Å². The summed E-state index contributed by atoms with van der Waals surface area (Å²) in [6.45, 7) is 3.69. The van der Waals surface area contributed by atoms with Crippen LogP contribution in [0, 0.1) is 45.3 Å². The van der Waals surface area contributed by atoms with Crippen LogP contribution in [0.4, 0.5) is 20.6 Å². The number of aliphatic hydroxyl groups is 2. The molecule has 2 aromatic carbocycles. The molecule has 10 atom stereocenters. The summed E-state index contributed by atoms with van der Waals surface area (Å²) in [4.78, 5) is 131. The number of allylic oxidation sites excluding steroid dienone is 4. The lowest BCUT2D eigenvalue weighted by atomic mass is 9.38. The molecule has 11 rings (SSSR count). The molecule has 21 nitrogen and oxygen atoms in total. The van der Waals surface area contributed by atoms with E-state index in [1.807, 2.05) is 6.92 Å². The zero-order valence-electron chi connectivity index (χ0n) is 44.4. The average molecular weight is 1110 g/mol. The predicted molar refractivity (Wildman–Crippen MR) is 280 cm³/mol. The highest BCUT2D eigenvalue weighted by molar-refractivity contribution is 6.12. The van der Waals surface area contributed by atoms with Gasteiger partial charge in [-0.15, -0.1) is 0 Å². The molecule has 2 heterocycles. The van der Waals surface area contributed by atoms with Gasteiger partial charge in [-0.1, -0.05) is 49.3 Å². The van der Waals surface area contributed by atoms with Crippen molar-refractivity contribution < 1.29 is 77.2 Å². The molecule has 0 spiro atoms. The standard InChI is InChI=1S/C58H65FN6O15/c1-54-18-17-37(67)20-40(54)41(59)21-38-39-19-34-25-64(31-58(34,44(69)26-66)55(39,2)23-43(68)51(38)54)36-9-5-32(6-10-36)22-56-28-57(29-56,30-56)63-53(78)79-27-33-3-7-35(8-4-33)61-52(77)42(11-15-49(74)75)62-46(71)24-60-45(70)12-16-50(76)80-65-47(72)13-14-48(65)73/h3-10,13-14,17-18,20,34,38-39,41-43,51,66,68H,11-12,15-16,19,21-31H2,1-2H3,(H,60,70)(H,61,77)(H,62,71)(H,63,78)(H,74,75)/t34-,38-,39-,41-,42-,43-,51+,54-,55-,56?,57?,58+/m0/s1. The Bertz CT molecular complexity index is 3000. The Morgan fingerprint density at radius 3 is 2.23 bits per heavy atom. The number of ketones is 2. The number of nitrogens with zero attached hydrogens (tertiary/aromatic N) is 2. The van der Waals surface area contributed by atoms with Gasteiger partial charge >= 0.3 is 18.0 Å². The number of aliphatic hydroxyl groups excluding tert-OH is 2. The molecule has 0 aromatic heterocycles. The van der Waals surface area contributed by atoms with E-state index in [2.05, 4.69) is 62.2 Å². The van der Waals surface area contributed by atoms with E-state index in [0.29, 0.717) is 42.8 Å². The van der Waals surface area contributed by atoms with E-state index in [4.69, 9.17) is 4.74 Å². The number of hydroxylamine groups is 2. The largest absolute Gasteiger partial charge is 0.481 e. The van der Waals surface area contributed by atoms with Crippen LogP contribution in [0.5, 0.6) is 0 Å². The zero-order chi connectivity index (χ0) is 57.1. The number of halogens is 1. The number of rotatable bonds is 20. The number of ether oxygens (including phenoxy) is 1. The normalized spacial score (nSPS) is 32.4. The molecular weight excluding hydrogens is 1040 g/mol. The SMILES string of the molecule is C[C@]12C=CC(=O)C=C1[C@@H](F)C[C@@H]1[C@@H]2[C@@H](O)C[C@@]2(C)[C@H]1C[C@H]1CN(c3ccc(CC45CC(NC(=O)OCc6ccc(NC(=O)[C@H](CCC(=O)O)NC(=O)CNC(=O)CCC(=O)ON7C(=O)C=CC7=O)cc6)(C4)C5)cc3)C[C@]12C(=O)CO. The molecular formula is C58H65FN6O15. The molecule has 80 heavy (non-hydrogen) atoms. The molecule has 7 aliphatic carbocycles. The van der Waals surface area contributed by atoms with Crippen LogP contribution in [0.1, 0.15) is 89.2 Å². The fraction of sp³-hybridized carbons (Fsp3) is 0.517. The van der Waals surface area contributed by atoms with Crippen LogP contribution in [0.3, 0.4) is 0 Å². The summed E-state index contributed by atoms with van der Waals surface area (Å²) >= 11 is 0. The lowest BCUT2D eigenvalue weighted by Crippen LogP contribution is -2.75. The van der Waals surface area contributed by atoms with Gasteiger partial charge in [-0.2, -0.15) is 0 Å². The maximum absolute atomic E-state index is 16.1. The number of benzene rings is 2. The monoisotopic (exact) mass is 1100 g/mol. The second kappa shape index (κ2) is 21.1. The van der Waals surface area contributed by atoms with Crippen molar-refractivity contribution in [1.29, 1.82) is 0 Å². The van der Waals surface area contributed by atoms with Crippen molar-refractivity contribution in [3.05, 3.63) is 95.6 Å². The quantitative estimate of drug-likeness (QED) is 0.0934. The van der Waals surface area contributed by atoms with Crippen molar-refractivity contribution >= 4 is 70.5 Å². The first-order chi connectivity index (χ1) is 38.0. The van der Waals surface area contributed by atoms with Crippen LogP contribution in [0.15, 0.2) is 84.5 Å². The third-order valence-corrected chi connectivity index (χ3v) is 18.9. The summed E-state index contributed by atoms with van der Waals surface area (Å²) < 4.78 is 21.6. The third-order valence-electron chi connectivity index (χ3n) is 18.9. The molecule has 6 amide bonds. The topological polar surface area (TPSA) is 304 Å². The summed E-state index contributed by atoms with van der Waals surface area (Å²) in [7, 11) is 0. The first-order valence-corrected chi connectivity index (χ1v) is 27.1. The average Bonchev–Trinajstić information content (AvgIpc) is 4.20. The second-order valence-electron chi connectivity index (χ2n) is 23.8. The summed E-state index contributed by atoms with van der Waals surface area (Å²) in [5.74, 6) is -7.41. The lowest BCUT2D eigenvalue weighted by Gasteiger charge is -2.70. The molecule has 6 saturated carbocycles. The number of aliphatic carboxylic acids is 1. The van der Waals surface area contributed by atoms with Crippen molar-refractivity contribution in [3.8, 4) is 0 Å². The van der Waals surface area contributed by atoms with E-state index < -0.39 is 115 Å². The number of carbonyl (C=O) groups is 10. The van der Waals surface area contributed by atoms with Gasteiger partial charge in [0, 0.05) is 66.3 Å². The lowest BCUT2D eigenvalue weighted by molar-refractivity contribution is -0.196. The van der Waals surface area contributed by atoms with Gasteiger partial charge in [0.2, 0.25) is 17.7 Å². The highest BCUT2D eigenvalue weighted by Gasteiger charge is 2.74. The number of Topliss-reactive ketones (excluding diaryl/α,β-unsaturated/α-hetero) is 1. The fourth-order valence-electron chi connectivity index (χ4n) is 15.5. The van der Waals surface area contributed by atoms with Crippen LogP contribution < -0.4 is 26.2 Å². The van der Waals surface area contributed by atoms with Crippen molar-refractivity contribution in [2.24, 2.45) is 45.3 Å². The molecule has 0 unspecified atom stereocenters. The zero-order valence-corrected chi connectivity index (χ0v) is 44.4. The second-order valence-corrected chi connectivity index (χ2v) is 23.8. The van der Waals surface area contributed by atoms with Gasteiger partial charge in [0.1, 0.15) is 25.4 Å². The Morgan fingerprint density at radius 2 is 1.55 bits per heavy atom. The van der Waals surface area contributed by atoms with Gasteiger partial charge in [0.15, 0.2) is 11.6 Å². The minimum absolute atomic E-state index is 0.0420. The predicted octanol–water partition coefficient (Wildman–Crippen LogP) is 3.47. The van der Waals surface area contributed by atoms with E-state index in [-0.39, 0.29) is 70.7 Å². The number of fused-ring (bicyclic) bond motifs is 7. The molecule has 2 aliphatic heterocycles. The van der Waals surface area contributed by atoms with E-state index in [1.54, 1.807) is 30.3 Å². The number of carboxylic acids is 1. The van der Waals surface area contributed by atoms with Gasteiger partial charge in [-0.25, -0.2) is 14.0 Å². The summed E-state index contributed by atoms with van der Waals surface area (Å²) in [5.41, 5.74) is 0.725. The minimum atomic E-state index is -1.33. The number of alkyl halides is 1. The Kier molecular flexibility index (Phi) is 14.7. The molecule has 424 valence electrons. The molecule has 22 heteroatoms. The van der Waals surface area contributed by atoms with Gasteiger partial charge in [0.25, 0.3) is 11.8 Å². The first kappa shape index (κ1) is 55.7. The highest BCUT2D eigenvalue weighted by atomic mass is 19.1. The first-order valence-electron chi connectivity index (χ1n) is 27.1. The summed E-state index contributed by atoms with van der Waals surface area (Å²) in [5, 5.41) is 42.3. The highest BCUT2D eigenvalue weighted by Crippen LogP contribution is 2.73. The molecule has 0 radical (unpaired) electrons. The van der Waals surface area contributed by atoms with Crippen molar-refractivity contribution in [2.45, 2.75) is 115 Å². The number of anilines is 2. The van der Waals surface area contributed by atoms with Gasteiger partial charge in [-0.3, -0.25) is 38.4 Å². The van der Waals surface area contributed by atoms with Gasteiger partial charge < -0.3 is 51.1 Å². The Hall–Kier alpha value is -7.59. The van der Waals surface area contributed by atoms with Crippen molar-refractivity contribution in [3.63, 3.8) is 0 Å². The Balaban J connectivity index is 0.660. The maximum atomic E-state index is 16.1. The van der Waals surface area contributed by atoms with Gasteiger partial charge in [-0.05, 0) is 133 Å². The van der Waals surface area contributed by atoms with E-state index in [1.165, 1.54) is 12.2 Å². The summed E-state index contributed by atoms with van der Waals surface area (Å²) in [6, 6.07) is 13.4. The number of alkyl carbamates (subject to hydrolysis) is 1. The molecule has 9 aliphatic rings. The Morgan fingerprint density at radius 1 is 0.863 bits per heavy atom. The number of hydrogen-bond acceptors (Lipinski definition) is 15. The number of hydrogen-bond donors (Lipinski definition) is 7. The van der Waals surface area contributed by atoms with Crippen molar-refractivity contribution in [1.82, 2.24) is 21.0 Å². The molecule has 7 N–H and O–H groups in total. The van der Waals surface area contributed by atoms with Crippen molar-refractivity contribution in [2.75, 3.05) is 36.5 Å².